The lowest BCUT2D eigenvalue weighted by Crippen LogP contribution is -2.13. The summed E-state index contributed by atoms with van der Waals surface area (Å²) < 4.78 is 4.81. The third-order valence-corrected chi connectivity index (χ3v) is 2.23. The van der Waals surface area contributed by atoms with Crippen molar-refractivity contribution in [3.8, 4) is 0 Å². The van der Waals surface area contributed by atoms with Crippen LogP contribution in [0.4, 0.5) is 0 Å². The molecule has 1 aromatic rings. The standard InChI is InChI=1S/C15H16O3/c1-3-18-15(17)14(12(2)16)11-7-10-13-8-5-4-6-9-13/h4-11H,3H2,1-2H3/b10-7+,14-11+. The molecule has 0 unspecified atom stereocenters. The number of benzene rings is 1. The zero-order chi connectivity index (χ0) is 13.4. The Hall–Kier alpha value is -2.16. The van der Waals surface area contributed by atoms with Gasteiger partial charge in [-0.1, -0.05) is 42.5 Å². The third kappa shape index (κ3) is 4.37. The molecule has 3 nitrogen and oxygen atoms in total. The molecule has 0 spiro atoms. The highest BCUT2D eigenvalue weighted by atomic mass is 16.5. The molecule has 0 aliphatic rings. The van der Waals surface area contributed by atoms with Gasteiger partial charge in [0.1, 0.15) is 5.57 Å². The Morgan fingerprint density at radius 1 is 1.22 bits per heavy atom. The molecule has 1 rings (SSSR count). The number of esters is 1. The van der Waals surface area contributed by atoms with Crippen molar-refractivity contribution >= 4 is 17.8 Å². The summed E-state index contributed by atoms with van der Waals surface area (Å²) in [5.41, 5.74) is 1.06. The molecule has 1 aromatic carbocycles. The number of hydrogen-bond acceptors (Lipinski definition) is 3. The number of carbonyl (C=O) groups is 2. The Morgan fingerprint density at radius 3 is 2.44 bits per heavy atom. The number of carbonyl (C=O) groups excluding carboxylic acids is 2. The lowest BCUT2D eigenvalue weighted by molar-refractivity contribution is -0.139. The molecule has 0 saturated carbocycles. The van der Waals surface area contributed by atoms with Crippen molar-refractivity contribution in [2.24, 2.45) is 0 Å². The van der Waals surface area contributed by atoms with Gasteiger partial charge in [0.25, 0.3) is 0 Å². The molecule has 0 aliphatic carbocycles. The topological polar surface area (TPSA) is 43.4 Å². The largest absolute Gasteiger partial charge is 0.462 e. The SMILES string of the molecule is CCOC(=O)/C(=C/C=C/c1ccccc1)C(C)=O. The van der Waals surface area contributed by atoms with Crippen LogP contribution in [0.1, 0.15) is 19.4 Å². The van der Waals surface area contributed by atoms with E-state index in [1.807, 2.05) is 36.4 Å². The number of ketones is 1. The second-order valence-electron chi connectivity index (χ2n) is 3.63. The first-order valence-corrected chi connectivity index (χ1v) is 5.76. The van der Waals surface area contributed by atoms with E-state index in [9.17, 15) is 9.59 Å². The summed E-state index contributed by atoms with van der Waals surface area (Å²) >= 11 is 0. The highest BCUT2D eigenvalue weighted by Gasteiger charge is 2.13. The number of allylic oxidation sites excluding steroid dienone is 2. The molecular formula is C15H16O3. The third-order valence-electron chi connectivity index (χ3n) is 2.23. The molecule has 3 heteroatoms. The predicted molar refractivity (Wildman–Crippen MR) is 70.9 cm³/mol. The van der Waals surface area contributed by atoms with E-state index in [1.54, 1.807) is 13.0 Å². The van der Waals surface area contributed by atoms with Gasteiger partial charge in [-0.15, -0.1) is 0 Å². The fourth-order valence-corrected chi connectivity index (χ4v) is 1.36. The van der Waals surface area contributed by atoms with Gasteiger partial charge < -0.3 is 4.74 Å². The van der Waals surface area contributed by atoms with Crippen LogP contribution in [-0.2, 0) is 14.3 Å². The summed E-state index contributed by atoms with van der Waals surface area (Å²) in [6, 6.07) is 9.62. The average molecular weight is 244 g/mol. The lowest BCUT2D eigenvalue weighted by Gasteiger charge is -2.01. The summed E-state index contributed by atoms with van der Waals surface area (Å²) in [5.74, 6) is -0.881. The minimum atomic E-state index is -0.581. The molecule has 0 aliphatic heterocycles. The van der Waals surface area contributed by atoms with E-state index in [0.717, 1.165) is 5.56 Å². The van der Waals surface area contributed by atoms with E-state index in [1.165, 1.54) is 13.0 Å². The van der Waals surface area contributed by atoms with Crippen molar-refractivity contribution in [1.29, 1.82) is 0 Å². The van der Waals surface area contributed by atoms with Crippen molar-refractivity contribution in [2.75, 3.05) is 6.61 Å². The monoisotopic (exact) mass is 244 g/mol. The molecule has 0 fully saturated rings. The zero-order valence-corrected chi connectivity index (χ0v) is 10.6. The minimum absolute atomic E-state index is 0.0593. The van der Waals surface area contributed by atoms with Crippen LogP contribution in [-0.4, -0.2) is 18.4 Å². The predicted octanol–water partition coefficient (Wildman–Crippen LogP) is 2.78. The van der Waals surface area contributed by atoms with E-state index in [0.29, 0.717) is 0 Å². The van der Waals surface area contributed by atoms with Gasteiger partial charge in [-0.2, -0.15) is 0 Å². The second kappa shape index (κ2) is 7.22. The summed E-state index contributed by atoms with van der Waals surface area (Å²) in [6.07, 6.45) is 4.97. The van der Waals surface area contributed by atoms with Gasteiger partial charge in [0, 0.05) is 0 Å². The maximum atomic E-state index is 11.5. The quantitative estimate of drug-likeness (QED) is 0.263. The van der Waals surface area contributed by atoms with Gasteiger partial charge in [0.2, 0.25) is 0 Å². The van der Waals surface area contributed by atoms with Gasteiger partial charge in [0.15, 0.2) is 5.78 Å². The Bertz CT molecular complexity index is 470. The first-order chi connectivity index (χ1) is 8.65. The first-order valence-electron chi connectivity index (χ1n) is 5.76. The first kappa shape index (κ1) is 13.9. The number of hydrogen-bond donors (Lipinski definition) is 0. The molecule has 94 valence electrons. The average Bonchev–Trinajstić information content (AvgIpc) is 2.35. The van der Waals surface area contributed by atoms with Crippen LogP contribution in [0.5, 0.6) is 0 Å². The molecule has 0 N–H and O–H groups in total. The number of ether oxygens (including phenoxy) is 1. The van der Waals surface area contributed by atoms with E-state index >= 15 is 0 Å². The van der Waals surface area contributed by atoms with Crippen molar-refractivity contribution < 1.29 is 14.3 Å². The van der Waals surface area contributed by atoms with Crippen LogP contribution in [0.15, 0.2) is 48.1 Å². The van der Waals surface area contributed by atoms with Gasteiger partial charge in [0.05, 0.1) is 6.61 Å². The molecular weight excluding hydrogens is 228 g/mol. The summed E-state index contributed by atoms with van der Waals surface area (Å²) in [4.78, 5) is 22.8. The number of rotatable bonds is 5. The molecule has 0 saturated heterocycles. The van der Waals surface area contributed by atoms with Gasteiger partial charge >= 0.3 is 5.97 Å². The molecule has 0 aromatic heterocycles. The van der Waals surface area contributed by atoms with Crippen LogP contribution in [0.2, 0.25) is 0 Å². The van der Waals surface area contributed by atoms with E-state index in [2.05, 4.69) is 0 Å². The van der Waals surface area contributed by atoms with Crippen LogP contribution in [0, 0.1) is 0 Å². The normalized spacial score (nSPS) is 11.6. The molecule has 0 atom stereocenters. The second-order valence-corrected chi connectivity index (χ2v) is 3.63. The highest BCUT2D eigenvalue weighted by molar-refractivity contribution is 6.16. The van der Waals surface area contributed by atoms with Crippen molar-refractivity contribution in [3.05, 3.63) is 53.6 Å². The van der Waals surface area contributed by atoms with Crippen LogP contribution < -0.4 is 0 Å². The Labute approximate surface area is 107 Å². The molecule has 18 heavy (non-hydrogen) atoms. The lowest BCUT2D eigenvalue weighted by atomic mass is 10.1. The van der Waals surface area contributed by atoms with Gasteiger partial charge in [-0.3, -0.25) is 4.79 Å². The molecule has 0 amide bonds. The summed E-state index contributed by atoms with van der Waals surface area (Å²) in [7, 11) is 0. The van der Waals surface area contributed by atoms with Crippen molar-refractivity contribution in [2.45, 2.75) is 13.8 Å². The Kier molecular flexibility index (Phi) is 5.58. The van der Waals surface area contributed by atoms with Gasteiger partial charge in [-0.05, 0) is 25.5 Å². The summed E-state index contributed by atoms with van der Waals surface area (Å²) in [5, 5.41) is 0. The zero-order valence-electron chi connectivity index (χ0n) is 10.6. The van der Waals surface area contributed by atoms with E-state index in [4.69, 9.17) is 4.74 Å². The maximum absolute atomic E-state index is 11.5. The smallest absolute Gasteiger partial charge is 0.341 e. The van der Waals surface area contributed by atoms with Crippen molar-refractivity contribution in [3.63, 3.8) is 0 Å². The van der Waals surface area contributed by atoms with Crippen molar-refractivity contribution in [1.82, 2.24) is 0 Å². The van der Waals surface area contributed by atoms with Crippen LogP contribution in [0.3, 0.4) is 0 Å². The molecule has 0 bridgehead atoms. The Balaban J connectivity index is 2.81. The minimum Gasteiger partial charge on any atom is -0.462 e. The van der Waals surface area contributed by atoms with Crippen LogP contribution >= 0.6 is 0 Å². The van der Waals surface area contributed by atoms with Gasteiger partial charge in [-0.25, -0.2) is 4.79 Å². The van der Waals surface area contributed by atoms with E-state index in [-0.39, 0.29) is 18.0 Å². The maximum Gasteiger partial charge on any atom is 0.341 e. The Morgan fingerprint density at radius 2 is 1.89 bits per heavy atom. The summed E-state index contributed by atoms with van der Waals surface area (Å²) in [6.45, 7) is 3.31. The highest BCUT2D eigenvalue weighted by Crippen LogP contribution is 2.04. The fraction of sp³-hybridized carbons (Fsp3) is 0.200. The number of Topliss-reactive ketones (excluding diaryl/α,β-unsaturated/α-hetero) is 1. The fourth-order valence-electron chi connectivity index (χ4n) is 1.36. The molecule has 0 heterocycles. The van der Waals surface area contributed by atoms with Crippen LogP contribution in [0.25, 0.3) is 6.08 Å². The van der Waals surface area contributed by atoms with E-state index < -0.39 is 5.97 Å². The molecule has 0 radical (unpaired) electrons.